The summed E-state index contributed by atoms with van der Waals surface area (Å²) in [7, 11) is 0. The first-order valence-corrected chi connectivity index (χ1v) is 2.81. The third-order valence-electron chi connectivity index (χ3n) is 1.19. The van der Waals surface area contributed by atoms with Crippen molar-refractivity contribution in [3.63, 3.8) is 0 Å². The Morgan fingerprint density at radius 3 is 2.44 bits per heavy atom. The van der Waals surface area contributed by atoms with E-state index in [2.05, 4.69) is 5.73 Å². The Balaban J connectivity index is 3.72. The number of quaternary nitrogens is 1. The van der Waals surface area contributed by atoms with Gasteiger partial charge in [0.2, 0.25) is 0 Å². The summed E-state index contributed by atoms with van der Waals surface area (Å²) in [4.78, 5) is 9.97. The smallest absolute Gasteiger partial charge is 0.151 e. The summed E-state index contributed by atoms with van der Waals surface area (Å²) < 4.78 is 0. The minimum absolute atomic E-state index is 0.391. The highest BCUT2D eigenvalue weighted by atomic mass is 16.4. The summed E-state index contributed by atoms with van der Waals surface area (Å²) in [6, 6.07) is -1.00. The van der Waals surface area contributed by atoms with Crippen LogP contribution in [0.2, 0.25) is 0 Å². The molecule has 2 atom stereocenters. The molecule has 0 unspecified atom stereocenters. The Bertz CT molecular complexity index is 104. The van der Waals surface area contributed by atoms with Crippen LogP contribution in [0.4, 0.5) is 0 Å². The lowest BCUT2D eigenvalue weighted by atomic mass is 10.1. The Kier molecular flexibility index (Phi) is 3.19. The van der Waals surface area contributed by atoms with Crippen molar-refractivity contribution < 1.29 is 20.7 Å². The molecule has 0 aromatic carbocycles. The average Bonchev–Trinajstić information content (AvgIpc) is 1.84. The number of carboxylic acids is 1. The number of hydrogen-bond donors (Lipinski definition) is 2. The summed E-state index contributed by atoms with van der Waals surface area (Å²) in [5.74, 6) is -1.30. The van der Waals surface area contributed by atoms with Crippen LogP contribution >= 0.6 is 0 Å². The van der Waals surface area contributed by atoms with Crippen LogP contribution in [-0.2, 0) is 4.79 Å². The van der Waals surface area contributed by atoms with Gasteiger partial charge in [-0.25, -0.2) is 0 Å². The summed E-state index contributed by atoms with van der Waals surface area (Å²) in [6.45, 7) is 1.69. The molecule has 0 radical (unpaired) electrons. The highest BCUT2D eigenvalue weighted by molar-refractivity contribution is 5.69. The number of aliphatic hydroxyl groups excluding tert-OH is 1. The molecule has 0 aliphatic rings. The second-order valence-electron chi connectivity index (χ2n) is 1.90. The van der Waals surface area contributed by atoms with Gasteiger partial charge >= 0.3 is 0 Å². The first kappa shape index (κ1) is 8.39. The SMILES string of the molecule is CC[C@@H](O)[C@@H]([NH3+])C(=O)[O-]. The van der Waals surface area contributed by atoms with E-state index in [-0.39, 0.29) is 0 Å². The normalized spacial score (nSPS) is 16.8. The van der Waals surface area contributed by atoms with E-state index in [1.165, 1.54) is 0 Å². The number of aliphatic hydroxyl groups is 1. The predicted molar refractivity (Wildman–Crippen MR) is 28.0 cm³/mol. The zero-order valence-electron chi connectivity index (χ0n) is 5.33. The number of aliphatic carboxylic acids is 1. The summed E-state index contributed by atoms with van der Waals surface area (Å²) in [5, 5.41) is 18.8. The number of rotatable bonds is 3. The van der Waals surface area contributed by atoms with Crippen LogP contribution in [-0.4, -0.2) is 23.2 Å². The van der Waals surface area contributed by atoms with Crippen LogP contribution < -0.4 is 10.8 Å². The molecule has 0 heterocycles. The van der Waals surface area contributed by atoms with E-state index in [4.69, 9.17) is 5.11 Å². The van der Waals surface area contributed by atoms with Gasteiger partial charge in [-0.15, -0.1) is 0 Å². The molecule has 0 saturated heterocycles. The monoisotopic (exact) mass is 133 g/mol. The van der Waals surface area contributed by atoms with Crippen LogP contribution in [0, 0.1) is 0 Å². The van der Waals surface area contributed by atoms with Crippen molar-refractivity contribution in [1.29, 1.82) is 0 Å². The molecule has 0 fully saturated rings. The first-order valence-electron chi connectivity index (χ1n) is 2.81. The fraction of sp³-hybridized carbons (Fsp3) is 0.800. The Hall–Kier alpha value is -0.610. The summed E-state index contributed by atoms with van der Waals surface area (Å²) in [6.07, 6.45) is -0.489. The molecule has 0 aromatic heterocycles. The molecular formula is C5H11NO3. The van der Waals surface area contributed by atoms with Crippen molar-refractivity contribution in [3.05, 3.63) is 0 Å². The molecule has 0 bridgehead atoms. The summed E-state index contributed by atoms with van der Waals surface area (Å²) >= 11 is 0. The van der Waals surface area contributed by atoms with E-state index in [1.54, 1.807) is 6.92 Å². The fourth-order valence-electron chi connectivity index (χ4n) is 0.442. The molecule has 0 spiro atoms. The molecule has 4 nitrogen and oxygen atoms in total. The molecule has 0 saturated carbocycles. The van der Waals surface area contributed by atoms with Crippen LogP contribution in [0.5, 0.6) is 0 Å². The molecule has 0 amide bonds. The molecule has 0 rings (SSSR count). The zero-order valence-corrected chi connectivity index (χ0v) is 5.33. The van der Waals surface area contributed by atoms with Gasteiger partial charge in [0.15, 0.2) is 6.04 Å². The Labute approximate surface area is 53.3 Å². The minimum atomic E-state index is -1.30. The van der Waals surface area contributed by atoms with E-state index in [0.29, 0.717) is 6.42 Å². The van der Waals surface area contributed by atoms with Gasteiger partial charge in [-0.05, 0) is 6.42 Å². The standard InChI is InChI=1S/C5H11NO3/c1-2-3(7)4(6)5(8)9/h3-4,7H,2,6H2,1H3,(H,8,9)/t3-,4-/m1/s1. The van der Waals surface area contributed by atoms with Crippen LogP contribution in [0.25, 0.3) is 0 Å². The van der Waals surface area contributed by atoms with E-state index in [0.717, 1.165) is 0 Å². The summed E-state index contributed by atoms with van der Waals surface area (Å²) in [5.41, 5.74) is 3.20. The van der Waals surface area contributed by atoms with Crippen LogP contribution in [0.15, 0.2) is 0 Å². The Morgan fingerprint density at radius 1 is 1.89 bits per heavy atom. The largest absolute Gasteiger partial charge is 0.544 e. The van der Waals surface area contributed by atoms with Gasteiger partial charge in [0, 0.05) is 0 Å². The van der Waals surface area contributed by atoms with Gasteiger partial charge in [0.05, 0.1) is 0 Å². The van der Waals surface area contributed by atoms with E-state index in [9.17, 15) is 9.90 Å². The van der Waals surface area contributed by atoms with E-state index >= 15 is 0 Å². The maximum atomic E-state index is 9.97. The lowest BCUT2D eigenvalue weighted by Gasteiger charge is -2.13. The van der Waals surface area contributed by atoms with E-state index < -0.39 is 18.1 Å². The van der Waals surface area contributed by atoms with Crippen molar-refractivity contribution >= 4 is 5.97 Å². The maximum Gasteiger partial charge on any atom is 0.151 e. The molecule has 4 heteroatoms. The molecular weight excluding hydrogens is 122 g/mol. The van der Waals surface area contributed by atoms with Crippen molar-refractivity contribution in [1.82, 2.24) is 0 Å². The number of carboxylic acid groups (broad SMARTS) is 1. The fourth-order valence-corrected chi connectivity index (χ4v) is 0.442. The highest BCUT2D eigenvalue weighted by Gasteiger charge is 2.16. The lowest BCUT2D eigenvalue weighted by Crippen LogP contribution is -2.73. The van der Waals surface area contributed by atoms with Gasteiger partial charge in [-0.1, -0.05) is 6.92 Å². The van der Waals surface area contributed by atoms with Crippen molar-refractivity contribution in [2.24, 2.45) is 0 Å². The van der Waals surface area contributed by atoms with Gasteiger partial charge in [-0.2, -0.15) is 0 Å². The van der Waals surface area contributed by atoms with E-state index in [1.807, 2.05) is 0 Å². The van der Waals surface area contributed by atoms with Gasteiger partial charge in [0.25, 0.3) is 0 Å². The average molecular weight is 133 g/mol. The van der Waals surface area contributed by atoms with Crippen molar-refractivity contribution in [3.8, 4) is 0 Å². The molecule has 0 aliphatic heterocycles. The highest BCUT2D eigenvalue weighted by Crippen LogP contribution is 1.91. The third kappa shape index (κ3) is 2.43. The van der Waals surface area contributed by atoms with Gasteiger partial charge in [0.1, 0.15) is 12.1 Å². The molecule has 9 heavy (non-hydrogen) atoms. The van der Waals surface area contributed by atoms with Gasteiger partial charge < -0.3 is 20.7 Å². The Morgan fingerprint density at radius 2 is 2.33 bits per heavy atom. The molecule has 54 valence electrons. The molecule has 4 N–H and O–H groups in total. The lowest BCUT2D eigenvalue weighted by molar-refractivity contribution is -0.451. The quantitative estimate of drug-likeness (QED) is 0.433. The first-order chi connectivity index (χ1) is 4.09. The molecule has 0 aliphatic carbocycles. The second-order valence-corrected chi connectivity index (χ2v) is 1.90. The number of carbonyl (C=O) groups excluding carboxylic acids is 1. The van der Waals surface area contributed by atoms with Crippen molar-refractivity contribution in [2.45, 2.75) is 25.5 Å². The second kappa shape index (κ2) is 3.42. The van der Waals surface area contributed by atoms with Gasteiger partial charge in [-0.3, -0.25) is 0 Å². The predicted octanol–water partition coefficient (Wildman–Crippen LogP) is -2.88. The third-order valence-corrected chi connectivity index (χ3v) is 1.19. The topological polar surface area (TPSA) is 88.0 Å². The maximum absolute atomic E-state index is 9.97. The number of carbonyl (C=O) groups is 1. The number of hydrogen-bond acceptors (Lipinski definition) is 3. The van der Waals surface area contributed by atoms with Crippen LogP contribution in [0.3, 0.4) is 0 Å². The minimum Gasteiger partial charge on any atom is -0.544 e. The zero-order chi connectivity index (χ0) is 7.44. The van der Waals surface area contributed by atoms with Crippen LogP contribution in [0.1, 0.15) is 13.3 Å². The molecule has 0 aromatic rings. The van der Waals surface area contributed by atoms with Crippen molar-refractivity contribution in [2.75, 3.05) is 0 Å².